The van der Waals surface area contributed by atoms with Gasteiger partial charge in [0.05, 0.1) is 5.69 Å². The molecule has 0 aliphatic rings. The van der Waals surface area contributed by atoms with Gasteiger partial charge in [0.1, 0.15) is 0 Å². The molecule has 0 unspecified atom stereocenters. The minimum Gasteiger partial charge on any atom is -0.260 e. The van der Waals surface area contributed by atoms with Crippen LogP contribution in [0.2, 0.25) is 0 Å². The lowest BCUT2D eigenvalue weighted by molar-refractivity contribution is 0.150. The van der Waals surface area contributed by atoms with E-state index in [4.69, 9.17) is 0 Å². The number of nitrogens with zero attached hydrogens (tertiary/aromatic N) is 1. The SMILES string of the molecule is Cc1nccc(C(F)F)c1Br. The standard InChI is InChI=1S/C7H6BrF2N/c1-4-6(8)5(7(9)10)2-3-11-4/h2-3,7H,1H3. The lowest BCUT2D eigenvalue weighted by Crippen LogP contribution is -1.90. The van der Waals surface area contributed by atoms with E-state index < -0.39 is 6.43 Å². The van der Waals surface area contributed by atoms with Crippen molar-refractivity contribution in [3.63, 3.8) is 0 Å². The van der Waals surface area contributed by atoms with E-state index in [1.54, 1.807) is 6.92 Å². The van der Waals surface area contributed by atoms with Crippen LogP contribution in [0.25, 0.3) is 0 Å². The molecule has 1 heterocycles. The lowest BCUT2D eigenvalue weighted by atomic mass is 10.2. The van der Waals surface area contributed by atoms with Gasteiger partial charge in [-0.1, -0.05) is 0 Å². The van der Waals surface area contributed by atoms with Gasteiger partial charge < -0.3 is 0 Å². The molecule has 4 heteroatoms. The first-order chi connectivity index (χ1) is 5.13. The third kappa shape index (κ3) is 1.74. The first-order valence-electron chi connectivity index (χ1n) is 3.02. The Labute approximate surface area is 71.6 Å². The molecule has 0 saturated carbocycles. The molecular weight excluding hydrogens is 216 g/mol. The maximum atomic E-state index is 12.2. The molecule has 0 amide bonds. The largest absolute Gasteiger partial charge is 0.265 e. The third-order valence-electron chi connectivity index (χ3n) is 1.33. The van der Waals surface area contributed by atoms with E-state index in [0.29, 0.717) is 10.2 Å². The molecule has 0 N–H and O–H groups in total. The highest BCUT2D eigenvalue weighted by atomic mass is 79.9. The van der Waals surface area contributed by atoms with Crippen molar-refractivity contribution in [1.82, 2.24) is 4.98 Å². The van der Waals surface area contributed by atoms with Gasteiger partial charge in [0, 0.05) is 16.2 Å². The van der Waals surface area contributed by atoms with Crippen molar-refractivity contribution in [3.8, 4) is 0 Å². The fourth-order valence-electron chi connectivity index (χ4n) is 0.737. The monoisotopic (exact) mass is 221 g/mol. The predicted molar refractivity (Wildman–Crippen MR) is 41.6 cm³/mol. The summed E-state index contributed by atoms with van der Waals surface area (Å²) in [6.07, 6.45) is -1.06. The van der Waals surface area contributed by atoms with E-state index in [0.717, 1.165) is 0 Å². The first-order valence-corrected chi connectivity index (χ1v) is 3.81. The van der Waals surface area contributed by atoms with E-state index in [1.165, 1.54) is 12.3 Å². The Bertz CT molecular complexity index is 263. The van der Waals surface area contributed by atoms with Crippen molar-refractivity contribution in [3.05, 3.63) is 28.0 Å². The van der Waals surface area contributed by atoms with E-state index >= 15 is 0 Å². The Morgan fingerprint density at radius 3 is 2.64 bits per heavy atom. The molecule has 1 aromatic heterocycles. The molecule has 1 rings (SSSR count). The zero-order chi connectivity index (χ0) is 8.43. The Morgan fingerprint density at radius 1 is 1.55 bits per heavy atom. The van der Waals surface area contributed by atoms with Crippen LogP contribution in [-0.4, -0.2) is 4.98 Å². The summed E-state index contributed by atoms with van der Waals surface area (Å²) in [7, 11) is 0. The third-order valence-corrected chi connectivity index (χ3v) is 2.36. The van der Waals surface area contributed by atoms with E-state index in [-0.39, 0.29) is 5.56 Å². The minimum atomic E-state index is -2.44. The molecular formula is C7H6BrF2N. The second-order valence-electron chi connectivity index (χ2n) is 2.10. The summed E-state index contributed by atoms with van der Waals surface area (Å²) in [6, 6.07) is 1.31. The molecule has 1 nitrogen and oxygen atoms in total. The highest BCUT2D eigenvalue weighted by Gasteiger charge is 2.12. The summed E-state index contributed by atoms with van der Waals surface area (Å²) in [5.74, 6) is 0. The van der Waals surface area contributed by atoms with Gasteiger partial charge in [0.15, 0.2) is 0 Å². The zero-order valence-corrected chi connectivity index (χ0v) is 7.40. The summed E-state index contributed by atoms with van der Waals surface area (Å²) in [6.45, 7) is 1.68. The van der Waals surface area contributed by atoms with Crippen molar-refractivity contribution < 1.29 is 8.78 Å². The van der Waals surface area contributed by atoms with Crippen molar-refractivity contribution in [2.45, 2.75) is 13.3 Å². The molecule has 0 aliphatic carbocycles. The van der Waals surface area contributed by atoms with Gasteiger partial charge in [-0.2, -0.15) is 0 Å². The average Bonchev–Trinajstić information content (AvgIpc) is 1.94. The van der Waals surface area contributed by atoms with Crippen LogP contribution in [0, 0.1) is 6.92 Å². The average molecular weight is 222 g/mol. The first kappa shape index (κ1) is 8.59. The zero-order valence-electron chi connectivity index (χ0n) is 5.81. The second-order valence-corrected chi connectivity index (χ2v) is 2.89. The predicted octanol–water partition coefficient (Wildman–Crippen LogP) is 3.09. The van der Waals surface area contributed by atoms with Crippen molar-refractivity contribution >= 4 is 15.9 Å². The summed E-state index contributed by atoms with van der Waals surface area (Å²) in [4.78, 5) is 3.84. The molecule has 0 atom stereocenters. The number of hydrogen-bond donors (Lipinski definition) is 0. The van der Waals surface area contributed by atoms with E-state index in [9.17, 15) is 8.78 Å². The Balaban J connectivity index is 3.17. The van der Waals surface area contributed by atoms with Crippen molar-refractivity contribution in [2.75, 3.05) is 0 Å². The molecule has 0 spiro atoms. The molecule has 0 saturated heterocycles. The number of pyridine rings is 1. The summed E-state index contributed by atoms with van der Waals surface area (Å²) in [5, 5.41) is 0. The Morgan fingerprint density at radius 2 is 2.18 bits per heavy atom. The van der Waals surface area contributed by atoms with Gasteiger partial charge in [-0.3, -0.25) is 4.98 Å². The van der Waals surface area contributed by atoms with Crippen LogP contribution >= 0.6 is 15.9 Å². The normalized spacial score (nSPS) is 10.6. The number of hydrogen-bond acceptors (Lipinski definition) is 1. The molecule has 60 valence electrons. The van der Waals surface area contributed by atoms with Crippen LogP contribution in [-0.2, 0) is 0 Å². The van der Waals surface area contributed by atoms with Crippen LogP contribution < -0.4 is 0 Å². The number of alkyl halides is 2. The maximum absolute atomic E-state index is 12.2. The van der Waals surface area contributed by atoms with E-state index in [2.05, 4.69) is 20.9 Å². The molecule has 0 aliphatic heterocycles. The van der Waals surface area contributed by atoms with Gasteiger partial charge in [0.2, 0.25) is 0 Å². The van der Waals surface area contributed by atoms with Gasteiger partial charge in [-0.15, -0.1) is 0 Å². The quantitative estimate of drug-likeness (QED) is 0.711. The molecule has 0 bridgehead atoms. The van der Waals surface area contributed by atoms with Crippen LogP contribution in [0.5, 0.6) is 0 Å². The fourth-order valence-corrected chi connectivity index (χ4v) is 1.14. The number of rotatable bonds is 1. The van der Waals surface area contributed by atoms with Crippen LogP contribution in [0.1, 0.15) is 17.7 Å². The lowest BCUT2D eigenvalue weighted by Gasteiger charge is -2.03. The topological polar surface area (TPSA) is 12.9 Å². The van der Waals surface area contributed by atoms with Crippen LogP contribution in [0.3, 0.4) is 0 Å². The number of aromatic nitrogens is 1. The molecule has 1 aromatic rings. The van der Waals surface area contributed by atoms with Crippen LogP contribution in [0.15, 0.2) is 16.7 Å². The highest BCUT2D eigenvalue weighted by Crippen LogP contribution is 2.27. The van der Waals surface area contributed by atoms with Crippen molar-refractivity contribution in [2.24, 2.45) is 0 Å². The van der Waals surface area contributed by atoms with Gasteiger partial charge in [0.25, 0.3) is 6.43 Å². The van der Waals surface area contributed by atoms with Crippen molar-refractivity contribution in [1.29, 1.82) is 0 Å². The molecule has 0 radical (unpaired) electrons. The summed E-state index contributed by atoms with van der Waals surface area (Å²) >= 11 is 3.04. The molecule has 0 fully saturated rings. The second kappa shape index (κ2) is 3.26. The number of halogens is 3. The molecule has 11 heavy (non-hydrogen) atoms. The van der Waals surface area contributed by atoms with Gasteiger partial charge in [-0.05, 0) is 28.9 Å². The smallest absolute Gasteiger partial charge is 0.260 e. The minimum absolute atomic E-state index is 0.00231. The summed E-state index contributed by atoms with van der Waals surface area (Å²) in [5.41, 5.74) is 0.584. The Hall–Kier alpha value is -0.510. The fraction of sp³-hybridized carbons (Fsp3) is 0.286. The van der Waals surface area contributed by atoms with Crippen LogP contribution in [0.4, 0.5) is 8.78 Å². The van der Waals surface area contributed by atoms with Gasteiger partial charge in [-0.25, -0.2) is 8.78 Å². The summed E-state index contributed by atoms with van der Waals surface area (Å²) < 4.78 is 24.7. The molecule has 0 aromatic carbocycles. The maximum Gasteiger partial charge on any atom is 0.265 e. The van der Waals surface area contributed by atoms with E-state index in [1.807, 2.05) is 0 Å². The Kier molecular flexibility index (Phi) is 2.54. The number of aryl methyl sites for hydroxylation is 1. The highest BCUT2D eigenvalue weighted by molar-refractivity contribution is 9.10. The van der Waals surface area contributed by atoms with Gasteiger partial charge >= 0.3 is 0 Å².